The number of nitrogens with zero attached hydrogens (tertiary/aromatic N) is 3. The number of hydrogen-bond acceptors (Lipinski definition) is 7. The van der Waals surface area contributed by atoms with Gasteiger partial charge in [0.2, 0.25) is 0 Å². The van der Waals surface area contributed by atoms with E-state index in [-0.39, 0.29) is 0 Å². The van der Waals surface area contributed by atoms with Crippen molar-refractivity contribution in [2.75, 3.05) is 44.8 Å². The Hall–Kier alpha value is -1.12. The molecule has 2 aromatic rings. The van der Waals surface area contributed by atoms with E-state index >= 15 is 0 Å². The largest absolute Gasteiger partial charge is 0.491 e. The molecule has 148 valence electrons. The molecule has 1 N–H and O–H groups in total. The molecule has 0 spiro atoms. The molecule has 7 heteroatoms. The first-order chi connectivity index (χ1) is 13.1. The van der Waals surface area contributed by atoms with Crippen molar-refractivity contribution in [1.82, 2.24) is 14.8 Å². The number of benzene rings is 1. The molecule has 0 radical (unpaired) electrons. The normalized spacial score (nSPS) is 16.6. The number of aliphatic hydroxyl groups excluding tert-OH is 1. The van der Waals surface area contributed by atoms with Gasteiger partial charge in [-0.2, -0.15) is 11.8 Å². The number of rotatable bonds is 9. The van der Waals surface area contributed by atoms with E-state index in [1.165, 1.54) is 0 Å². The van der Waals surface area contributed by atoms with Gasteiger partial charge in [-0.3, -0.25) is 9.80 Å². The minimum atomic E-state index is -0.461. The lowest BCUT2D eigenvalue weighted by Crippen LogP contribution is -2.40. The molecule has 1 aliphatic rings. The number of thioether (sulfide) groups is 1. The average Bonchev–Trinajstić information content (AvgIpc) is 3.06. The number of β-amino-alcohol motifs (C(OH)–C–C–N with tert-alkyl or cyclic N) is 1. The van der Waals surface area contributed by atoms with Gasteiger partial charge in [-0.15, -0.1) is 11.3 Å². The van der Waals surface area contributed by atoms with Crippen LogP contribution in [0.1, 0.15) is 16.3 Å². The highest BCUT2D eigenvalue weighted by Crippen LogP contribution is 2.21. The van der Waals surface area contributed by atoms with Crippen molar-refractivity contribution in [3.8, 4) is 5.75 Å². The molecule has 5 nitrogen and oxygen atoms in total. The van der Waals surface area contributed by atoms with Crippen LogP contribution in [0.5, 0.6) is 5.75 Å². The fourth-order valence-corrected chi connectivity index (χ4v) is 4.98. The molecule has 1 atom stereocenters. The van der Waals surface area contributed by atoms with Gasteiger partial charge in [-0.05, 0) is 20.0 Å². The Morgan fingerprint density at radius 1 is 1.26 bits per heavy atom. The Bertz CT molecular complexity index is 704. The summed E-state index contributed by atoms with van der Waals surface area (Å²) in [6.07, 6.45) is -0.461. The van der Waals surface area contributed by atoms with Gasteiger partial charge in [-0.25, -0.2) is 4.98 Å². The number of aryl methyl sites for hydroxylation is 1. The molecule has 3 rings (SSSR count). The van der Waals surface area contributed by atoms with Gasteiger partial charge in [0, 0.05) is 54.3 Å². The van der Waals surface area contributed by atoms with E-state index in [2.05, 4.69) is 33.3 Å². The van der Waals surface area contributed by atoms with E-state index in [4.69, 9.17) is 4.74 Å². The van der Waals surface area contributed by atoms with E-state index in [1.54, 1.807) is 11.3 Å². The second-order valence-corrected chi connectivity index (χ2v) is 9.21. The Morgan fingerprint density at radius 3 is 2.78 bits per heavy atom. The molecule has 1 saturated heterocycles. The molecule has 1 aromatic heterocycles. The molecule has 0 amide bonds. The molecule has 2 heterocycles. The van der Waals surface area contributed by atoms with Gasteiger partial charge >= 0.3 is 0 Å². The first-order valence-electron chi connectivity index (χ1n) is 9.38. The van der Waals surface area contributed by atoms with Crippen molar-refractivity contribution in [2.45, 2.75) is 26.1 Å². The Morgan fingerprint density at radius 2 is 2.04 bits per heavy atom. The topological polar surface area (TPSA) is 48.8 Å². The molecule has 27 heavy (non-hydrogen) atoms. The van der Waals surface area contributed by atoms with Crippen molar-refractivity contribution >= 4 is 23.1 Å². The van der Waals surface area contributed by atoms with E-state index in [0.29, 0.717) is 13.2 Å². The standard InChI is InChI=1S/C20H29N3O2S2/c1-16-15-27-20(21-16)13-22(2)11-17-5-3-4-6-19(17)25-14-18(24)12-23-7-9-26-10-8-23/h3-6,15,18,24H,7-14H2,1-2H3/t18-/m1/s1. The van der Waals surface area contributed by atoms with Crippen LogP contribution in [0.4, 0.5) is 0 Å². The van der Waals surface area contributed by atoms with E-state index in [9.17, 15) is 5.11 Å². The summed E-state index contributed by atoms with van der Waals surface area (Å²) < 4.78 is 5.97. The van der Waals surface area contributed by atoms with Crippen molar-refractivity contribution in [1.29, 1.82) is 0 Å². The summed E-state index contributed by atoms with van der Waals surface area (Å²) in [7, 11) is 2.09. The SMILES string of the molecule is Cc1csc(CN(C)Cc2ccccc2OC[C@H](O)CN2CCSCC2)n1. The van der Waals surface area contributed by atoms with Crippen LogP contribution in [-0.4, -0.2) is 70.8 Å². The lowest BCUT2D eigenvalue weighted by atomic mass is 10.2. The molecule has 0 bridgehead atoms. The molecule has 1 aliphatic heterocycles. The van der Waals surface area contributed by atoms with Crippen molar-refractivity contribution in [2.24, 2.45) is 0 Å². The number of ether oxygens (including phenoxy) is 1. The van der Waals surface area contributed by atoms with Gasteiger partial charge < -0.3 is 9.84 Å². The smallest absolute Gasteiger partial charge is 0.123 e. The van der Waals surface area contributed by atoms with Crippen LogP contribution in [0, 0.1) is 6.92 Å². The number of aliphatic hydroxyl groups is 1. The summed E-state index contributed by atoms with van der Waals surface area (Å²) in [6.45, 7) is 6.76. The summed E-state index contributed by atoms with van der Waals surface area (Å²) in [4.78, 5) is 9.09. The molecule has 0 saturated carbocycles. The van der Waals surface area contributed by atoms with Gasteiger partial charge in [0.1, 0.15) is 23.5 Å². The molecular formula is C20H29N3O2S2. The van der Waals surface area contributed by atoms with Crippen LogP contribution in [-0.2, 0) is 13.1 Å². The van der Waals surface area contributed by atoms with Gasteiger partial charge in [0.15, 0.2) is 0 Å². The third-order valence-corrected chi connectivity index (χ3v) is 6.38. The van der Waals surface area contributed by atoms with Gasteiger partial charge in [-0.1, -0.05) is 18.2 Å². The summed E-state index contributed by atoms with van der Waals surface area (Å²) in [5.41, 5.74) is 2.21. The Balaban J connectivity index is 1.50. The summed E-state index contributed by atoms with van der Waals surface area (Å²) in [5.74, 6) is 3.16. The quantitative estimate of drug-likeness (QED) is 0.690. The number of hydrogen-bond donors (Lipinski definition) is 1. The second kappa shape index (κ2) is 10.4. The summed E-state index contributed by atoms with van der Waals surface area (Å²) in [6, 6.07) is 8.09. The van der Waals surface area contributed by atoms with E-state index in [0.717, 1.165) is 59.7 Å². The third-order valence-electron chi connectivity index (χ3n) is 4.49. The number of thiazole rings is 1. The molecule has 0 aliphatic carbocycles. The predicted molar refractivity (Wildman–Crippen MR) is 114 cm³/mol. The average molecular weight is 408 g/mol. The van der Waals surface area contributed by atoms with Gasteiger partial charge in [0.25, 0.3) is 0 Å². The van der Waals surface area contributed by atoms with Crippen LogP contribution in [0.3, 0.4) is 0 Å². The van der Waals surface area contributed by atoms with Crippen LogP contribution < -0.4 is 4.74 Å². The first kappa shape index (κ1) is 20.6. The summed E-state index contributed by atoms with van der Waals surface area (Å²) in [5, 5.41) is 13.6. The number of para-hydroxylation sites is 1. The molecule has 1 aromatic carbocycles. The van der Waals surface area contributed by atoms with E-state index < -0.39 is 6.10 Å². The second-order valence-electron chi connectivity index (χ2n) is 7.04. The Labute approximate surface area is 170 Å². The highest BCUT2D eigenvalue weighted by molar-refractivity contribution is 7.99. The van der Waals surface area contributed by atoms with Gasteiger partial charge in [0.05, 0.1) is 6.54 Å². The van der Waals surface area contributed by atoms with Crippen molar-refractivity contribution in [3.63, 3.8) is 0 Å². The fraction of sp³-hybridized carbons (Fsp3) is 0.550. The monoisotopic (exact) mass is 407 g/mol. The predicted octanol–water partition coefficient (Wildman–Crippen LogP) is 2.87. The molecular weight excluding hydrogens is 378 g/mol. The van der Waals surface area contributed by atoms with Crippen LogP contribution in [0.15, 0.2) is 29.6 Å². The highest BCUT2D eigenvalue weighted by Gasteiger charge is 2.16. The van der Waals surface area contributed by atoms with Crippen molar-refractivity contribution in [3.05, 3.63) is 45.9 Å². The number of aromatic nitrogens is 1. The lowest BCUT2D eigenvalue weighted by molar-refractivity contribution is 0.0709. The maximum absolute atomic E-state index is 10.3. The minimum Gasteiger partial charge on any atom is -0.491 e. The zero-order valence-electron chi connectivity index (χ0n) is 16.1. The summed E-state index contributed by atoms with van der Waals surface area (Å²) >= 11 is 3.68. The van der Waals surface area contributed by atoms with Crippen molar-refractivity contribution < 1.29 is 9.84 Å². The van der Waals surface area contributed by atoms with Crippen LogP contribution in [0.2, 0.25) is 0 Å². The zero-order chi connectivity index (χ0) is 19.1. The first-order valence-corrected chi connectivity index (χ1v) is 11.4. The maximum Gasteiger partial charge on any atom is 0.123 e. The third kappa shape index (κ3) is 6.76. The maximum atomic E-state index is 10.3. The minimum absolute atomic E-state index is 0.329. The van der Waals surface area contributed by atoms with Crippen LogP contribution in [0.25, 0.3) is 0 Å². The molecule has 0 unspecified atom stereocenters. The Kier molecular flexibility index (Phi) is 7.96. The highest BCUT2D eigenvalue weighted by atomic mass is 32.2. The fourth-order valence-electron chi connectivity index (χ4n) is 3.15. The molecule has 1 fully saturated rings. The van der Waals surface area contributed by atoms with Crippen LogP contribution >= 0.6 is 23.1 Å². The zero-order valence-corrected chi connectivity index (χ0v) is 17.8. The van der Waals surface area contributed by atoms with E-state index in [1.807, 2.05) is 36.9 Å². The lowest BCUT2D eigenvalue weighted by Gasteiger charge is -2.28.